The number of hydrogen-bond donors (Lipinski definition) is 1. The zero-order valence-electron chi connectivity index (χ0n) is 11.8. The molecule has 0 aliphatic heterocycles. The van der Waals surface area contributed by atoms with Crippen LogP contribution >= 0.6 is 11.6 Å². The molecule has 1 aromatic carbocycles. The lowest BCUT2D eigenvalue weighted by molar-refractivity contribution is 0.0961. The topological polar surface area (TPSA) is 68.9 Å². The van der Waals surface area contributed by atoms with Crippen molar-refractivity contribution in [1.82, 2.24) is 9.97 Å². The van der Waals surface area contributed by atoms with Gasteiger partial charge in [-0.15, -0.1) is 0 Å². The molecule has 0 bridgehead atoms. The van der Waals surface area contributed by atoms with Gasteiger partial charge in [-0.1, -0.05) is 30.7 Å². The van der Waals surface area contributed by atoms with Crippen LogP contribution in [-0.2, 0) is 12.8 Å². The van der Waals surface area contributed by atoms with E-state index in [0.29, 0.717) is 29.8 Å². The van der Waals surface area contributed by atoms with Gasteiger partial charge >= 0.3 is 0 Å². The minimum Gasteiger partial charge on any atom is -0.368 e. The Morgan fingerprint density at radius 3 is 2.62 bits per heavy atom. The standard InChI is InChI=1S/C16H16ClN3O/c1-2-12-15-13(20-16(18)19-12)7-10(8-14(15)21)9-3-5-11(17)6-4-9/h3-6,10H,2,7-8H2,1H3,(H2,18,19,20)/t10-/m1/s1. The maximum absolute atomic E-state index is 12.5. The minimum atomic E-state index is 0.105. The predicted molar refractivity (Wildman–Crippen MR) is 82.7 cm³/mol. The number of Topliss-reactive ketones (excluding diaryl/α,β-unsaturated/α-hetero) is 1. The summed E-state index contributed by atoms with van der Waals surface area (Å²) in [6.45, 7) is 1.97. The Kier molecular flexibility index (Phi) is 3.64. The molecule has 108 valence electrons. The maximum atomic E-state index is 12.5. The summed E-state index contributed by atoms with van der Waals surface area (Å²) in [6, 6.07) is 7.64. The van der Waals surface area contributed by atoms with Crippen LogP contribution in [0.3, 0.4) is 0 Å². The summed E-state index contributed by atoms with van der Waals surface area (Å²) in [5.74, 6) is 0.476. The zero-order chi connectivity index (χ0) is 15.0. The highest BCUT2D eigenvalue weighted by atomic mass is 35.5. The van der Waals surface area contributed by atoms with E-state index in [1.54, 1.807) is 0 Å². The van der Waals surface area contributed by atoms with Gasteiger partial charge in [-0.3, -0.25) is 4.79 Å². The summed E-state index contributed by atoms with van der Waals surface area (Å²) in [5, 5.41) is 0.695. The van der Waals surface area contributed by atoms with E-state index in [1.807, 2.05) is 31.2 Å². The molecule has 2 aromatic rings. The molecule has 3 rings (SSSR count). The molecule has 0 radical (unpaired) electrons. The third kappa shape index (κ3) is 2.63. The number of aromatic nitrogens is 2. The number of benzene rings is 1. The Bertz CT molecular complexity index is 697. The minimum absolute atomic E-state index is 0.105. The number of anilines is 1. The highest BCUT2D eigenvalue weighted by Gasteiger charge is 2.30. The number of rotatable bonds is 2. The second-order valence-electron chi connectivity index (χ2n) is 5.28. The molecular weight excluding hydrogens is 286 g/mol. The van der Waals surface area contributed by atoms with Gasteiger partial charge in [0.05, 0.1) is 17.0 Å². The summed E-state index contributed by atoms with van der Waals surface area (Å²) in [4.78, 5) is 21.0. The summed E-state index contributed by atoms with van der Waals surface area (Å²) in [5.41, 5.74) is 9.07. The van der Waals surface area contributed by atoms with Gasteiger partial charge in [0, 0.05) is 11.4 Å². The Morgan fingerprint density at radius 1 is 1.24 bits per heavy atom. The Morgan fingerprint density at radius 2 is 1.95 bits per heavy atom. The smallest absolute Gasteiger partial charge is 0.220 e. The molecule has 1 aliphatic carbocycles. The molecule has 1 aliphatic rings. The number of hydrogen-bond acceptors (Lipinski definition) is 4. The van der Waals surface area contributed by atoms with Crippen LogP contribution in [-0.4, -0.2) is 15.8 Å². The lowest BCUT2D eigenvalue weighted by Gasteiger charge is -2.24. The lowest BCUT2D eigenvalue weighted by Crippen LogP contribution is -2.23. The zero-order valence-corrected chi connectivity index (χ0v) is 12.5. The van der Waals surface area contributed by atoms with Crippen LogP contribution < -0.4 is 5.73 Å². The van der Waals surface area contributed by atoms with E-state index >= 15 is 0 Å². The van der Waals surface area contributed by atoms with Gasteiger partial charge in [-0.05, 0) is 36.5 Å². The number of ketones is 1. The molecule has 1 heterocycles. The Labute approximate surface area is 128 Å². The molecule has 0 saturated heterocycles. The Hall–Kier alpha value is -1.94. The molecular formula is C16H16ClN3O. The third-order valence-corrected chi connectivity index (χ3v) is 4.15. The molecule has 0 amide bonds. The molecule has 2 N–H and O–H groups in total. The number of nitrogen functional groups attached to an aromatic ring is 1. The SMILES string of the molecule is CCc1nc(N)nc2c1C(=O)C[C@H](c1ccc(Cl)cc1)C2. The second-order valence-corrected chi connectivity index (χ2v) is 5.72. The van der Waals surface area contributed by atoms with Crippen molar-refractivity contribution in [2.75, 3.05) is 5.73 Å². The van der Waals surface area contributed by atoms with E-state index in [-0.39, 0.29) is 17.6 Å². The maximum Gasteiger partial charge on any atom is 0.220 e. The average molecular weight is 302 g/mol. The number of carbonyl (C=O) groups excluding carboxylic acids is 1. The quantitative estimate of drug-likeness (QED) is 0.925. The summed E-state index contributed by atoms with van der Waals surface area (Å²) >= 11 is 5.92. The van der Waals surface area contributed by atoms with E-state index in [0.717, 1.165) is 17.0 Å². The highest BCUT2D eigenvalue weighted by molar-refractivity contribution is 6.30. The number of halogens is 1. The van der Waals surface area contributed by atoms with Gasteiger partial charge in [-0.25, -0.2) is 9.97 Å². The fourth-order valence-corrected chi connectivity index (χ4v) is 3.03. The van der Waals surface area contributed by atoms with Gasteiger partial charge in [0.2, 0.25) is 5.95 Å². The summed E-state index contributed by atoms with van der Waals surface area (Å²) < 4.78 is 0. The van der Waals surface area contributed by atoms with Crippen molar-refractivity contribution in [1.29, 1.82) is 0 Å². The van der Waals surface area contributed by atoms with Gasteiger partial charge in [0.15, 0.2) is 5.78 Å². The van der Waals surface area contributed by atoms with Gasteiger partial charge in [0.1, 0.15) is 0 Å². The summed E-state index contributed by atoms with van der Waals surface area (Å²) in [7, 11) is 0. The van der Waals surface area contributed by atoms with Gasteiger partial charge in [0.25, 0.3) is 0 Å². The van der Waals surface area contributed by atoms with Crippen molar-refractivity contribution in [2.24, 2.45) is 0 Å². The monoisotopic (exact) mass is 301 g/mol. The van der Waals surface area contributed by atoms with Crippen LogP contribution in [0.5, 0.6) is 0 Å². The molecule has 1 aromatic heterocycles. The van der Waals surface area contributed by atoms with Crippen LogP contribution in [0, 0.1) is 0 Å². The van der Waals surface area contributed by atoms with Crippen LogP contribution in [0.25, 0.3) is 0 Å². The predicted octanol–water partition coefficient (Wildman–Crippen LogP) is 3.19. The van der Waals surface area contributed by atoms with E-state index < -0.39 is 0 Å². The van der Waals surface area contributed by atoms with E-state index in [2.05, 4.69) is 9.97 Å². The average Bonchev–Trinajstić information content (AvgIpc) is 2.46. The number of aryl methyl sites for hydroxylation is 1. The number of nitrogens with two attached hydrogens (primary N) is 1. The first-order valence-electron chi connectivity index (χ1n) is 7.02. The van der Waals surface area contributed by atoms with Crippen molar-refractivity contribution in [3.05, 3.63) is 51.8 Å². The van der Waals surface area contributed by atoms with Gasteiger partial charge in [-0.2, -0.15) is 0 Å². The summed E-state index contributed by atoms with van der Waals surface area (Å²) in [6.07, 6.45) is 1.88. The van der Waals surface area contributed by atoms with E-state index in [9.17, 15) is 4.79 Å². The first-order valence-corrected chi connectivity index (χ1v) is 7.40. The van der Waals surface area contributed by atoms with E-state index in [4.69, 9.17) is 17.3 Å². The first-order chi connectivity index (χ1) is 10.1. The van der Waals surface area contributed by atoms with Crippen LogP contribution in [0.4, 0.5) is 5.95 Å². The van der Waals surface area contributed by atoms with Crippen molar-refractivity contribution < 1.29 is 4.79 Å². The number of nitrogens with zero attached hydrogens (tertiary/aromatic N) is 2. The third-order valence-electron chi connectivity index (χ3n) is 3.90. The molecule has 21 heavy (non-hydrogen) atoms. The number of carbonyl (C=O) groups is 1. The largest absolute Gasteiger partial charge is 0.368 e. The van der Waals surface area contributed by atoms with Crippen molar-refractivity contribution in [3.63, 3.8) is 0 Å². The molecule has 4 nitrogen and oxygen atoms in total. The number of fused-ring (bicyclic) bond motifs is 1. The molecule has 0 unspecified atom stereocenters. The van der Waals surface area contributed by atoms with E-state index in [1.165, 1.54) is 0 Å². The van der Waals surface area contributed by atoms with Crippen molar-refractivity contribution in [2.45, 2.75) is 32.1 Å². The molecule has 0 fully saturated rings. The van der Waals surface area contributed by atoms with Crippen molar-refractivity contribution in [3.8, 4) is 0 Å². The molecule has 5 heteroatoms. The van der Waals surface area contributed by atoms with Gasteiger partial charge < -0.3 is 5.73 Å². The van der Waals surface area contributed by atoms with Crippen LogP contribution in [0.15, 0.2) is 24.3 Å². The fourth-order valence-electron chi connectivity index (χ4n) is 2.91. The normalized spacial score (nSPS) is 17.6. The molecule has 1 atom stereocenters. The fraction of sp³-hybridized carbons (Fsp3) is 0.312. The van der Waals surface area contributed by atoms with Crippen LogP contribution in [0.2, 0.25) is 5.02 Å². The van der Waals surface area contributed by atoms with Crippen LogP contribution in [0.1, 0.15) is 46.6 Å². The second kappa shape index (κ2) is 5.45. The Balaban J connectivity index is 2.00. The molecule has 0 spiro atoms. The first kappa shape index (κ1) is 14.0. The van der Waals surface area contributed by atoms with Crippen molar-refractivity contribution >= 4 is 23.3 Å². The highest BCUT2D eigenvalue weighted by Crippen LogP contribution is 2.33. The lowest BCUT2D eigenvalue weighted by atomic mass is 9.81. The molecule has 0 saturated carbocycles.